The molecule has 2 N–H and O–H groups in total. The minimum Gasteiger partial charge on any atom is -0.494 e. The van der Waals surface area contributed by atoms with E-state index in [2.05, 4.69) is 9.97 Å². The molecule has 20 heavy (non-hydrogen) atoms. The quantitative estimate of drug-likeness (QED) is 0.889. The van der Waals surface area contributed by atoms with Crippen molar-refractivity contribution in [2.75, 3.05) is 7.11 Å². The minimum atomic E-state index is -1.35. The van der Waals surface area contributed by atoms with Crippen molar-refractivity contribution < 1.29 is 19.0 Å². The van der Waals surface area contributed by atoms with Gasteiger partial charge >= 0.3 is 5.97 Å². The highest BCUT2D eigenvalue weighted by molar-refractivity contribution is 5.88. The number of carbonyl (C=O) groups is 1. The molecule has 0 fully saturated rings. The number of aromatic nitrogens is 2. The molecule has 2 rings (SSSR count). The first-order valence-electron chi connectivity index (χ1n) is 5.62. The van der Waals surface area contributed by atoms with Crippen molar-refractivity contribution in [1.82, 2.24) is 9.97 Å². The van der Waals surface area contributed by atoms with Crippen molar-refractivity contribution in [1.29, 1.82) is 0 Å². The largest absolute Gasteiger partial charge is 0.494 e. The first-order valence-corrected chi connectivity index (χ1v) is 5.62. The number of aromatic carboxylic acids is 1. The molecule has 0 radical (unpaired) electrons. The van der Waals surface area contributed by atoms with Crippen LogP contribution in [0.2, 0.25) is 0 Å². The van der Waals surface area contributed by atoms with Gasteiger partial charge in [0.2, 0.25) is 0 Å². The molecule has 0 saturated carbocycles. The second-order valence-electron chi connectivity index (χ2n) is 4.03. The lowest BCUT2D eigenvalue weighted by Gasteiger charge is -2.07. The molecule has 1 aromatic heterocycles. The van der Waals surface area contributed by atoms with Gasteiger partial charge in [-0.2, -0.15) is 0 Å². The van der Waals surface area contributed by atoms with Gasteiger partial charge in [-0.1, -0.05) is 0 Å². The molecule has 1 heterocycles. The molecule has 0 saturated heterocycles. The number of carboxylic acid groups (broad SMARTS) is 1. The maximum absolute atomic E-state index is 13.3. The molecular weight excluding hydrogens is 267 g/mol. The van der Waals surface area contributed by atoms with Crippen LogP contribution in [0.15, 0.2) is 23.0 Å². The van der Waals surface area contributed by atoms with E-state index in [1.54, 1.807) is 0 Å². The third-order valence-corrected chi connectivity index (χ3v) is 2.74. The third-order valence-electron chi connectivity index (χ3n) is 2.74. The van der Waals surface area contributed by atoms with E-state index >= 15 is 0 Å². The van der Waals surface area contributed by atoms with Gasteiger partial charge in [0, 0.05) is 5.56 Å². The van der Waals surface area contributed by atoms with E-state index in [0.717, 1.165) is 0 Å². The molecule has 6 nitrogen and oxygen atoms in total. The highest BCUT2D eigenvalue weighted by atomic mass is 19.1. The Hall–Kier alpha value is -2.70. The van der Waals surface area contributed by atoms with E-state index in [1.807, 2.05) is 0 Å². The Bertz CT molecular complexity index is 740. The van der Waals surface area contributed by atoms with Gasteiger partial charge in [-0.15, -0.1) is 0 Å². The van der Waals surface area contributed by atoms with Gasteiger partial charge in [0.05, 0.1) is 12.8 Å². The SMILES string of the molecule is COc1cc(-c2nc(C)c(C(=O)O)c(=O)[nH]2)ccc1F. The lowest BCUT2D eigenvalue weighted by molar-refractivity contribution is 0.0693. The smallest absolute Gasteiger partial charge is 0.343 e. The van der Waals surface area contributed by atoms with Crippen LogP contribution in [0.3, 0.4) is 0 Å². The predicted octanol–water partition coefficient (Wildman–Crippen LogP) is 1.59. The number of methoxy groups -OCH3 is 1. The summed E-state index contributed by atoms with van der Waals surface area (Å²) >= 11 is 0. The maximum atomic E-state index is 13.3. The zero-order valence-corrected chi connectivity index (χ0v) is 10.7. The molecule has 0 unspecified atom stereocenters. The Morgan fingerprint density at radius 3 is 2.70 bits per heavy atom. The van der Waals surface area contributed by atoms with Crippen LogP contribution in [-0.2, 0) is 0 Å². The summed E-state index contributed by atoms with van der Waals surface area (Å²) in [6, 6.07) is 3.96. The summed E-state index contributed by atoms with van der Waals surface area (Å²) in [5.41, 5.74) is -0.675. The van der Waals surface area contributed by atoms with Crippen molar-refractivity contribution in [3.63, 3.8) is 0 Å². The number of benzene rings is 1. The van der Waals surface area contributed by atoms with Gasteiger partial charge < -0.3 is 14.8 Å². The van der Waals surface area contributed by atoms with Gasteiger partial charge in [0.1, 0.15) is 11.4 Å². The van der Waals surface area contributed by atoms with Crippen LogP contribution in [0.1, 0.15) is 16.1 Å². The van der Waals surface area contributed by atoms with Gasteiger partial charge in [0.25, 0.3) is 5.56 Å². The first kappa shape index (κ1) is 13.7. The number of carboxylic acids is 1. The number of halogens is 1. The minimum absolute atomic E-state index is 0.00473. The number of hydrogen-bond acceptors (Lipinski definition) is 4. The van der Waals surface area contributed by atoms with Gasteiger partial charge in [-0.3, -0.25) is 4.79 Å². The van der Waals surface area contributed by atoms with E-state index in [9.17, 15) is 14.0 Å². The molecule has 2 aromatic rings. The molecular formula is C13H11FN2O4. The molecule has 104 valence electrons. The fraction of sp³-hybridized carbons (Fsp3) is 0.154. The average molecular weight is 278 g/mol. The van der Waals surface area contributed by atoms with E-state index in [-0.39, 0.29) is 17.3 Å². The van der Waals surface area contributed by atoms with Crippen LogP contribution in [0.5, 0.6) is 5.75 Å². The Morgan fingerprint density at radius 1 is 1.45 bits per heavy atom. The average Bonchev–Trinajstić information content (AvgIpc) is 2.37. The van der Waals surface area contributed by atoms with Crippen LogP contribution < -0.4 is 10.3 Å². The lowest BCUT2D eigenvalue weighted by atomic mass is 10.1. The van der Waals surface area contributed by atoms with E-state index < -0.39 is 22.9 Å². The van der Waals surface area contributed by atoms with Crippen LogP contribution in [0, 0.1) is 12.7 Å². The van der Waals surface area contributed by atoms with Crippen molar-refractivity contribution in [2.24, 2.45) is 0 Å². The van der Waals surface area contributed by atoms with Crippen LogP contribution in [-0.4, -0.2) is 28.2 Å². The topological polar surface area (TPSA) is 92.3 Å². The Balaban J connectivity index is 2.60. The first-order chi connectivity index (χ1) is 9.43. The molecule has 7 heteroatoms. The molecule has 0 spiro atoms. The monoisotopic (exact) mass is 278 g/mol. The van der Waals surface area contributed by atoms with Crippen LogP contribution >= 0.6 is 0 Å². The summed E-state index contributed by atoms with van der Waals surface area (Å²) in [5, 5.41) is 8.90. The van der Waals surface area contributed by atoms with E-state index in [4.69, 9.17) is 9.84 Å². The molecule has 0 aliphatic rings. The lowest BCUT2D eigenvalue weighted by Crippen LogP contribution is -2.21. The Morgan fingerprint density at radius 2 is 2.15 bits per heavy atom. The predicted molar refractivity (Wildman–Crippen MR) is 68.5 cm³/mol. The normalized spacial score (nSPS) is 10.3. The summed E-state index contributed by atoms with van der Waals surface area (Å²) in [7, 11) is 1.32. The zero-order valence-electron chi connectivity index (χ0n) is 10.7. The van der Waals surface area contributed by atoms with Gasteiger partial charge in [-0.25, -0.2) is 14.2 Å². The van der Waals surface area contributed by atoms with Crippen LogP contribution in [0.4, 0.5) is 4.39 Å². The highest BCUT2D eigenvalue weighted by Gasteiger charge is 2.16. The zero-order chi connectivity index (χ0) is 14.9. The molecule has 0 aliphatic carbocycles. The standard InChI is InChI=1S/C13H11FN2O4/c1-6-10(13(18)19)12(17)16-11(15-6)7-3-4-8(14)9(5-7)20-2/h3-5H,1-2H3,(H,18,19)(H,15,16,17). The number of aryl methyl sites for hydroxylation is 1. The molecule has 1 aromatic carbocycles. The van der Waals surface area contributed by atoms with Crippen molar-refractivity contribution >= 4 is 5.97 Å². The Kier molecular flexibility index (Phi) is 3.51. The van der Waals surface area contributed by atoms with Gasteiger partial charge in [0.15, 0.2) is 11.6 Å². The fourth-order valence-corrected chi connectivity index (χ4v) is 1.78. The van der Waals surface area contributed by atoms with Crippen LogP contribution in [0.25, 0.3) is 11.4 Å². The second-order valence-corrected chi connectivity index (χ2v) is 4.03. The van der Waals surface area contributed by atoms with Crippen molar-refractivity contribution in [3.05, 3.63) is 45.6 Å². The van der Waals surface area contributed by atoms with E-state index in [1.165, 1.54) is 32.2 Å². The van der Waals surface area contributed by atoms with Crippen molar-refractivity contribution in [2.45, 2.75) is 6.92 Å². The number of nitrogens with one attached hydrogen (secondary N) is 1. The fourth-order valence-electron chi connectivity index (χ4n) is 1.78. The molecule has 0 atom stereocenters. The number of nitrogens with zero attached hydrogens (tertiary/aromatic N) is 1. The number of ether oxygens (including phenoxy) is 1. The summed E-state index contributed by atoms with van der Waals surface area (Å²) in [6.07, 6.45) is 0. The molecule has 0 bridgehead atoms. The number of H-pyrrole nitrogens is 1. The second kappa shape index (κ2) is 5.12. The summed E-state index contributed by atoms with van der Waals surface area (Å²) in [5.74, 6) is -1.74. The number of rotatable bonds is 3. The number of aromatic amines is 1. The van der Waals surface area contributed by atoms with Gasteiger partial charge in [-0.05, 0) is 25.1 Å². The molecule has 0 amide bonds. The summed E-state index contributed by atoms with van der Waals surface area (Å²) in [4.78, 5) is 29.0. The Labute approximate surface area is 112 Å². The third kappa shape index (κ3) is 2.37. The van der Waals surface area contributed by atoms with Crippen molar-refractivity contribution in [3.8, 4) is 17.1 Å². The maximum Gasteiger partial charge on any atom is 0.343 e. The van der Waals surface area contributed by atoms with E-state index in [0.29, 0.717) is 5.56 Å². The molecule has 0 aliphatic heterocycles. The summed E-state index contributed by atoms with van der Waals surface area (Å²) in [6.45, 7) is 1.42. The summed E-state index contributed by atoms with van der Waals surface area (Å²) < 4.78 is 18.2. The number of hydrogen-bond donors (Lipinski definition) is 2. The highest BCUT2D eigenvalue weighted by Crippen LogP contribution is 2.23.